The Labute approximate surface area is 186 Å². The zero-order chi connectivity index (χ0) is 21.9. The highest BCUT2D eigenvalue weighted by Gasteiger charge is 2.20. The maximum absolute atomic E-state index is 6.15. The third-order valence-electron chi connectivity index (χ3n) is 5.64. The van der Waals surface area contributed by atoms with Gasteiger partial charge >= 0.3 is 6.01 Å². The fourth-order valence-electron chi connectivity index (χ4n) is 3.93. The van der Waals surface area contributed by atoms with Gasteiger partial charge in [-0.3, -0.25) is 0 Å². The number of fused-ring (bicyclic) bond motifs is 1. The van der Waals surface area contributed by atoms with Crippen molar-refractivity contribution in [2.75, 3.05) is 18.4 Å². The second kappa shape index (κ2) is 8.96. The Morgan fingerprint density at radius 2 is 2.19 bits per heavy atom. The van der Waals surface area contributed by atoms with Crippen LogP contribution < -0.4 is 15.4 Å². The van der Waals surface area contributed by atoms with Crippen LogP contribution in [-0.4, -0.2) is 43.8 Å². The van der Waals surface area contributed by atoms with E-state index in [1.54, 1.807) is 17.0 Å². The van der Waals surface area contributed by atoms with E-state index in [2.05, 4.69) is 39.5 Å². The lowest BCUT2D eigenvalue weighted by Crippen LogP contribution is -2.37. The molecule has 1 aliphatic heterocycles. The second-order valence-corrected chi connectivity index (χ2v) is 8.25. The summed E-state index contributed by atoms with van der Waals surface area (Å²) in [7, 11) is 0. The number of rotatable bonds is 7. The molecule has 5 rings (SSSR count). The molecule has 1 atom stereocenters. The normalized spacial score (nSPS) is 16.5. The van der Waals surface area contributed by atoms with Crippen LogP contribution in [-0.2, 0) is 6.54 Å². The quantitative estimate of drug-likeness (QED) is 0.455. The highest BCUT2D eigenvalue weighted by molar-refractivity contribution is 5.59. The van der Waals surface area contributed by atoms with Crippen molar-refractivity contribution in [2.24, 2.45) is 0 Å². The van der Waals surface area contributed by atoms with Gasteiger partial charge in [-0.05, 0) is 36.9 Å². The Balaban J connectivity index is 1.46. The number of nitrogens with zero attached hydrogens (tertiary/aromatic N) is 5. The van der Waals surface area contributed by atoms with E-state index in [4.69, 9.17) is 14.1 Å². The summed E-state index contributed by atoms with van der Waals surface area (Å²) in [5, 5.41) is 11.3. The molecule has 0 unspecified atom stereocenters. The minimum absolute atomic E-state index is 0.0650. The number of piperidine rings is 1. The molecule has 0 bridgehead atoms. The SMILES string of the molecule is CC(C)c1cnn2c(NCc3ccccc3-c3ncco3)nc(O[C@@H]3CCCNC3)nc12. The highest BCUT2D eigenvalue weighted by atomic mass is 16.5. The van der Waals surface area contributed by atoms with Gasteiger partial charge in [0.15, 0.2) is 5.65 Å². The van der Waals surface area contributed by atoms with Crippen LogP contribution in [0.15, 0.2) is 47.3 Å². The molecular formula is C23H27N7O2. The van der Waals surface area contributed by atoms with Crippen LogP contribution in [0.25, 0.3) is 17.1 Å². The molecule has 9 nitrogen and oxygen atoms in total. The standard InChI is InChI=1S/C23H27N7O2/c1-15(2)19-14-27-30-20(19)28-23(32-17-7-5-9-24-13-17)29-22(30)26-12-16-6-3-4-8-18(16)21-25-10-11-31-21/h3-4,6,8,10-11,14-15,17,24H,5,7,9,12-13H2,1-2H3,(H,26,28,29)/t17-/m1/s1. The Morgan fingerprint density at radius 1 is 1.28 bits per heavy atom. The van der Waals surface area contributed by atoms with E-state index in [0.29, 0.717) is 24.4 Å². The number of aromatic nitrogens is 5. The van der Waals surface area contributed by atoms with E-state index >= 15 is 0 Å². The summed E-state index contributed by atoms with van der Waals surface area (Å²) in [6.07, 6.45) is 7.22. The van der Waals surface area contributed by atoms with Gasteiger partial charge in [-0.25, -0.2) is 4.98 Å². The molecule has 1 saturated heterocycles. The van der Waals surface area contributed by atoms with E-state index in [9.17, 15) is 0 Å². The predicted octanol–water partition coefficient (Wildman–Crippen LogP) is 3.65. The molecule has 0 saturated carbocycles. The van der Waals surface area contributed by atoms with Gasteiger partial charge in [-0.2, -0.15) is 19.6 Å². The Bertz CT molecular complexity index is 1180. The van der Waals surface area contributed by atoms with Gasteiger partial charge < -0.3 is 19.8 Å². The smallest absolute Gasteiger partial charge is 0.322 e. The molecule has 3 aromatic heterocycles. The Hall–Kier alpha value is -3.46. The molecular weight excluding hydrogens is 406 g/mol. The first-order valence-electron chi connectivity index (χ1n) is 11.0. The molecule has 1 aromatic carbocycles. The Kier molecular flexibility index (Phi) is 5.72. The summed E-state index contributed by atoms with van der Waals surface area (Å²) in [6.45, 7) is 6.61. The average Bonchev–Trinajstić information content (AvgIpc) is 3.49. The van der Waals surface area contributed by atoms with E-state index in [1.165, 1.54) is 0 Å². The molecule has 9 heteroatoms. The fraction of sp³-hybridized carbons (Fsp3) is 0.391. The maximum Gasteiger partial charge on any atom is 0.322 e. The molecule has 4 aromatic rings. The first-order chi connectivity index (χ1) is 15.7. The number of hydrogen-bond donors (Lipinski definition) is 2. The number of anilines is 1. The van der Waals surface area contributed by atoms with Crippen LogP contribution in [0.5, 0.6) is 6.01 Å². The van der Waals surface area contributed by atoms with Gasteiger partial charge in [0.25, 0.3) is 0 Å². The number of benzene rings is 1. The van der Waals surface area contributed by atoms with Crippen molar-refractivity contribution < 1.29 is 9.15 Å². The maximum atomic E-state index is 6.15. The van der Waals surface area contributed by atoms with Gasteiger partial charge in [0.2, 0.25) is 11.8 Å². The third kappa shape index (κ3) is 4.16. The van der Waals surface area contributed by atoms with E-state index in [1.807, 2.05) is 30.5 Å². The number of oxazole rings is 1. The van der Waals surface area contributed by atoms with Crippen LogP contribution in [0.4, 0.5) is 5.95 Å². The summed E-state index contributed by atoms with van der Waals surface area (Å²) in [6, 6.07) is 8.37. The van der Waals surface area contributed by atoms with Crippen molar-refractivity contribution in [1.29, 1.82) is 0 Å². The van der Waals surface area contributed by atoms with Crippen LogP contribution in [0, 0.1) is 0 Å². The van der Waals surface area contributed by atoms with Gasteiger partial charge in [0.1, 0.15) is 12.4 Å². The first-order valence-corrected chi connectivity index (χ1v) is 11.0. The number of ether oxygens (including phenoxy) is 1. The zero-order valence-electron chi connectivity index (χ0n) is 18.3. The van der Waals surface area contributed by atoms with Crippen LogP contribution >= 0.6 is 0 Å². The Morgan fingerprint density at radius 3 is 2.97 bits per heavy atom. The molecule has 1 fully saturated rings. The minimum Gasteiger partial charge on any atom is -0.459 e. The summed E-state index contributed by atoms with van der Waals surface area (Å²) >= 11 is 0. The van der Waals surface area contributed by atoms with Crippen LogP contribution in [0.1, 0.15) is 43.7 Å². The molecule has 166 valence electrons. The van der Waals surface area contributed by atoms with Crippen molar-refractivity contribution in [3.8, 4) is 17.5 Å². The van der Waals surface area contributed by atoms with E-state index in [0.717, 1.165) is 48.3 Å². The average molecular weight is 434 g/mol. The number of nitrogens with one attached hydrogen (secondary N) is 2. The molecule has 1 aliphatic rings. The summed E-state index contributed by atoms with van der Waals surface area (Å²) in [5.74, 6) is 1.46. The van der Waals surface area contributed by atoms with Gasteiger partial charge in [0.05, 0.1) is 12.4 Å². The first kappa shape index (κ1) is 20.4. The minimum atomic E-state index is 0.0650. The van der Waals surface area contributed by atoms with Crippen molar-refractivity contribution in [3.05, 3.63) is 54.0 Å². The zero-order valence-corrected chi connectivity index (χ0v) is 18.3. The third-order valence-corrected chi connectivity index (χ3v) is 5.64. The van der Waals surface area contributed by atoms with Gasteiger partial charge in [-0.15, -0.1) is 0 Å². The molecule has 4 heterocycles. The van der Waals surface area contributed by atoms with Crippen molar-refractivity contribution in [2.45, 2.75) is 45.3 Å². The molecule has 2 N–H and O–H groups in total. The highest BCUT2D eigenvalue weighted by Crippen LogP contribution is 2.26. The van der Waals surface area contributed by atoms with Crippen molar-refractivity contribution >= 4 is 11.6 Å². The van der Waals surface area contributed by atoms with E-state index < -0.39 is 0 Å². The summed E-state index contributed by atoms with van der Waals surface area (Å²) in [5.41, 5.74) is 3.79. The van der Waals surface area contributed by atoms with Crippen molar-refractivity contribution in [3.63, 3.8) is 0 Å². The molecule has 0 aliphatic carbocycles. The van der Waals surface area contributed by atoms with Crippen LogP contribution in [0.3, 0.4) is 0 Å². The monoisotopic (exact) mass is 433 g/mol. The largest absolute Gasteiger partial charge is 0.459 e. The lowest BCUT2D eigenvalue weighted by atomic mass is 10.1. The van der Waals surface area contributed by atoms with E-state index in [-0.39, 0.29) is 12.0 Å². The fourth-order valence-corrected chi connectivity index (χ4v) is 3.93. The molecule has 0 radical (unpaired) electrons. The molecule has 32 heavy (non-hydrogen) atoms. The second-order valence-electron chi connectivity index (χ2n) is 8.25. The lowest BCUT2D eigenvalue weighted by Gasteiger charge is -2.23. The van der Waals surface area contributed by atoms with Crippen LogP contribution in [0.2, 0.25) is 0 Å². The topological polar surface area (TPSA) is 102 Å². The van der Waals surface area contributed by atoms with Crippen molar-refractivity contribution in [1.82, 2.24) is 29.9 Å². The summed E-state index contributed by atoms with van der Waals surface area (Å²) in [4.78, 5) is 13.7. The predicted molar refractivity (Wildman–Crippen MR) is 121 cm³/mol. The molecule has 0 spiro atoms. The van der Waals surface area contributed by atoms with Gasteiger partial charge in [-0.1, -0.05) is 32.0 Å². The molecule has 0 amide bonds. The summed E-state index contributed by atoms with van der Waals surface area (Å²) < 4.78 is 13.4. The van der Waals surface area contributed by atoms with Gasteiger partial charge in [0, 0.05) is 24.2 Å². The number of hydrogen-bond acceptors (Lipinski definition) is 8. The lowest BCUT2D eigenvalue weighted by molar-refractivity contribution is 0.153.